The van der Waals surface area contributed by atoms with Crippen molar-refractivity contribution >= 4 is 32.4 Å². The van der Waals surface area contributed by atoms with Crippen LogP contribution in [0.3, 0.4) is 0 Å². The summed E-state index contributed by atoms with van der Waals surface area (Å²) in [6.07, 6.45) is 0.615. The van der Waals surface area contributed by atoms with E-state index in [1.165, 1.54) is 10.8 Å². The summed E-state index contributed by atoms with van der Waals surface area (Å²) in [5.41, 5.74) is 1.08. The van der Waals surface area contributed by atoms with Crippen molar-refractivity contribution in [1.82, 2.24) is 0 Å². The maximum atomic E-state index is 9.83. The number of halogens is 1. The molecule has 1 aliphatic rings. The van der Waals surface area contributed by atoms with E-state index in [9.17, 15) is 5.11 Å². The van der Waals surface area contributed by atoms with Gasteiger partial charge in [-0.15, -0.1) is 0 Å². The zero-order valence-corrected chi connectivity index (χ0v) is 12.7. The van der Waals surface area contributed by atoms with Gasteiger partial charge in [-0.2, -0.15) is 0 Å². The molecule has 0 spiro atoms. The molecule has 2 nitrogen and oxygen atoms in total. The van der Waals surface area contributed by atoms with E-state index in [2.05, 4.69) is 65.4 Å². The van der Waals surface area contributed by atoms with E-state index in [0.29, 0.717) is 6.04 Å². The van der Waals surface area contributed by atoms with Gasteiger partial charge in [0.15, 0.2) is 0 Å². The summed E-state index contributed by atoms with van der Waals surface area (Å²) in [5.74, 6) is 0. The summed E-state index contributed by atoms with van der Waals surface area (Å²) >= 11 is 3.59. The third kappa shape index (κ3) is 2.05. The molecule has 3 heteroatoms. The molecule has 100 valence electrons. The van der Waals surface area contributed by atoms with Crippen molar-refractivity contribution < 1.29 is 5.11 Å². The Balaban J connectivity index is 1.97. The van der Waals surface area contributed by atoms with Gasteiger partial charge < -0.3 is 10.4 Å². The van der Waals surface area contributed by atoms with Gasteiger partial charge in [0.05, 0.1) is 6.10 Å². The Hall–Kier alpha value is -1.06. The van der Waals surface area contributed by atoms with Crippen LogP contribution in [0, 0.1) is 5.41 Å². The second kappa shape index (κ2) is 4.50. The molecule has 0 aliphatic heterocycles. The van der Waals surface area contributed by atoms with Crippen LogP contribution in [0.2, 0.25) is 0 Å². The molecule has 1 fully saturated rings. The largest absolute Gasteiger partial charge is 0.392 e. The Morgan fingerprint density at radius 2 is 1.84 bits per heavy atom. The number of benzene rings is 2. The fraction of sp³-hybridized carbons (Fsp3) is 0.375. The second-order valence-corrected chi connectivity index (χ2v) is 6.76. The van der Waals surface area contributed by atoms with Gasteiger partial charge in [0.2, 0.25) is 0 Å². The normalized spacial score (nSPS) is 25.1. The van der Waals surface area contributed by atoms with Gasteiger partial charge in [0.25, 0.3) is 0 Å². The molecule has 0 aromatic heterocycles. The average molecular weight is 320 g/mol. The molecule has 19 heavy (non-hydrogen) atoms. The van der Waals surface area contributed by atoms with Gasteiger partial charge in [-0.3, -0.25) is 0 Å². The average Bonchev–Trinajstić information content (AvgIpc) is 2.41. The van der Waals surface area contributed by atoms with E-state index in [1.54, 1.807) is 0 Å². The molecule has 0 bridgehead atoms. The first-order chi connectivity index (χ1) is 9.00. The van der Waals surface area contributed by atoms with Crippen molar-refractivity contribution in [3.63, 3.8) is 0 Å². The second-order valence-electron chi connectivity index (χ2n) is 5.91. The fourth-order valence-corrected chi connectivity index (χ4v) is 3.20. The Bertz CT molecular complexity index is 623. The monoisotopic (exact) mass is 319 g/mol. The highest BCUT2D eigenvalue weighted by atomic mass is 79.9. The topological polar surface area (TPSA) is 32.3 Å². The van der Waals surface area contributed by atoms with Crippen molar-refractivity contribution in [2.45, 2.75) is 32.4 Å². The summed E-state index contributed by atoms with van der Waals surface area (Å²) in [5, 5.41) is 15.9. The summed E-state index contributed by atoms with van der Waals surface area (Å²) < 4.78 is 1.11. The summed E-state index contributed by atoms with van der Waals surface area (Å²) in [4.78, 5) is 0. The van der Waals surface area contributed by atoms with Crippen LogP contribution in [0.1, 0.15) is 20.3 Å². The fourth-order valence-electron chi connectivity index (χ4n) is 2.72. The Labute approximate surface area is 122 Å². The molecule has 0 saturated heterocycles. The Morgan fingerprint density at radius 1 is 1.16 bits per heavy atom. The number of hydrogen-bond donors (Lipinski definition) is 2. The van der Waals surface area contributed by atoms with Crippen molar-refractivity contribution in [3.05, 3.63) is 40.9 Å². The molecule has 0 radical (unpaired) electrons. The zero-order chi connectivity index (χ0) is 13.6. The molecular weight excluding hydrogens is 302 g/mol. The number of fused-ring (bicyclic) bond motifs is 1. The minimum absolute atomic E-state index is 0.0613. The number of aliphatic hydroxyl groups is 1. The zero-order valence-electron chi connectivity index (χ0n) is 11.2. The van der Waals surface area contributed by atoms with Gasteiger partial charge in [-0.05, 0) is 23.9 Å². The molecule has 2 unspecified atom stereocenters. The van der Waals surface area contributed by atoms with Gasteiger partial charge in [0, 0.05) is 27.0 Å². The molecule has 2 aromatic carbocycles. The highest BCUT2D eigenvalue weighted by Crippen LogP contribution is 2.43. The van der Waals surface area contributed by atoms with Crippen LogP contribution in [-0.2, 0) is 0 Å². The molecule has 1 aliphatic carbocycles. The lowest BCUT2D eigenvalue weighted by atomic mass is 9.64. The van der Waals surface area contributed by atoms with Gasteiger partial charge in [-0.25, -0.2) is 0 Å². The molecule has 0 amide bonds. The number of anilines is 1. The van der Waals surface area contributed by atoms with Crippen molar-refractivity contribution in [2.24, 2.45) is 5.41 Å². The Kier molecular flexibility index (Phi) is 3.06. The van der Waals surface area contributed by atoms with Crippen LogP contribution in [0.4, 0.5) is 5.69 Å². The van der Waals surface area contributed by atoms with Crippen molar-refractivity contribution in [2.75, 3.05) is 5.32 Å². The summed E-state index contributed by atoms with van der Waals surface area (Å²) in [6.45, 7) is 4.22. The minimum atomic E-state index is -0.202. The molecular formula is C16H18BrNO. The highest BCUT2D eigenvalue weighted by molar-refractivity contribution is 9.10. The van der Waals surface area contributed by atoms with Crippen LogP contribution >= 0.6 is 15.9 Å². The van der Waals surface area contributed by atoms with Crippen LogP contribution in [0.15, 0.2) is 40.9 Å². The van der Waals surface area contributed by atoms with E-state index >= 15 is 0 Å². The minimum Gasteiger partial charge on any atom is -0.392 e. The Morgan fingerprint density at radius 3 is 2.47 bits per heavy atom. The van der Waals surface area contributed by atoms with E-state index in [-0.39, 0.29) is 11.5 Å². The smallest absolute Gasteiger partial charge is 0.0630 e. The maximum absolute atomic E-state index is 9.83. The van der Waals surface area contributed by atoms with Gasteiger partial charge in [0.1, 0.15) is 0 Å². The number of hydrogen-bond acceptors (Lipinski definition) is 2. The quantitative estimate of drug-likeness (QED) is 0.870. The third-order valence-electron chi connectivity index (χ3n) is 4.42. The maximum Gasteiger partial charge on any atom is 0.0630 e. The van der Waals surface area contributed by atoms with E-state index in [1.807, 2.05) is 6.07 Å². The molecule has 2 aromatic rings. The molecule has 3 rings (SSSR count). The van der Waals surface area contributed by atoms with Crippen LogP contribution in [0.5, 0.6) is 0 Å². The molecule has 0 heterocycles. The first-order valence-electron chi connectivity index (χ1n) is 6.62. The molecule has 2 N–H and O–H groups in total. The van der Waals surface area contributed by atoms with E-state index in [0.717, 1.165) is 16.6 Å². The van der Waals surface area contributed by atoms with Crippen LogP contribution in [0.25, 0.3) is 10.8 Å². The van der Waals surface area contributed by atoms with Crippen LogP contribution < -0.4 is 5.32 Å². The third-order valence-corrected chi connectivity index (χ3v) is 5.11. The number of aliphatic hydroxyl groups excluding tert-OH is 1. The first kappa shape index (κ1) is 12.9. The highest BCUT2D eigenvalue weighted by Gasteiger charge is 2.47. The predicted octanol–water partition coefficient (Wildman–Crippen LogP) is 4.17. The van der Waals surface area contributed by atoms with Gasteiger partial charge >= 0.3 is 0 Å². The lowest BCUT2D eigenvalue weighted by molar-refractivity contribution is -0.0510. The number of rotatable bonds is 2. The lowest BCUT2D eigenvalue weighted by Gasteiger charge is -2.50. The summed E-state index contributed by atoms with van der Waals surface area (Å²) in [7, 11) is 0. The standard InChI is InChI=1S/C16H18BrNO/c1-16(2)14(9-15(16)19)18-13-8-7-12(17)10-5-3-4-6-11(10)13/h3-8,14-15,18-19H,9H2,1-2H3. The van der Waals surface area contributed by atoms with E-state index in [4.69, 9.17) is 0 Å². The van der Waals surface area contributed by atoms with Crippen molar-refractivity contribution in [3.8, 4) is 0 Å². The number of nitrogens with one attached hydrogen (secondary N) is 1. The van der Waals surface area contributed by atoms with Crippen molar-refractivity contribution in [1.29, 1.82) is 0 Å². The lowest BCUT2D eigenvalue weighted by Crippen LogP contribution is -2.56. The SMILES string of the molecule is CC1(C)C(O)CC1Nc1ccc(Br)c2ccccc12. The molecule has 1 saturated carbocycles. The first-order valence-corrected chi connectivity index (χ1v) is 7.41. The van der Waals surface area contributed by atoms with Crippen LogP contribution in [-0.4, -0.2) is 17.3 Å². The predicted molar refractivity (Wildman–Crippen MR) is 83.5 cm³/mol. The van der Waals surface area contributed by atoms with E-state index < -0.39 is 0 Å². The summed E-state index contributed by atoms with van der Waals surface area (Å²) in [6, 6.07) is 12.9. The molecule has 2 atom stereocenters. The van der Waals surface area contributed by atoms with Gasteiger partial charge in [-0.1, -0.05) is 54.0 Å².